The van der Waals surface area contributed by atoms with Crippen molar-refractivity contribution in [2.24, 2.45) is 5.92 Å². The molecule has 1 heterocycles. The van der Waals surface area contributed by atoms with Gasteiger partial charge in [0.1, 0.15) is 5.82 Å². The van der Waals surface area contributed by atoms with E-state index in [4.69, 9.17) is 0 Å². The van der Waals surface area contributed by atoms with Crippen molar-refractivity contribution in [3.05, 3.63) is 28.5 Å². The fourth-order valence-electron chi connectivity index (χ4n) is 3.89. The van der Waals surface area contributed by atoms with Crippen LogP contribution in [0, 0.1) is 11.7 Å². The van der Waals surface area contributed by atoms with E-state index >= 15 is 0 Å². The molecule has 2 nitrogen and oxygen atoms in total. The summed E-state index contributed by atoms with van der Waals surface area (Å²) >= 11 is 3.47. The number of hydrogen-bond donors (Lipinski definition) is 2. The standard InChI is InChI=1S/C17H24BrFN2/c18-13-7-5-8-14(19)17(13)21-16-10-2-1-6-12(16)15-9-3-4-11-20-15/h5,7-8,12,15-16,20-21H,1-4,6,9-11H2. The Morgan fingerprint density at radius 3 is 2.67 bits per heavy atom. The Morgan fingerprint density at radius 2 is 1.90 bits per heavy atom. The van der Waals surface area contributed by atoms with Crippen molar-refractivity contribution in [3.8, 4) is 0 Å². The topological polar surface area (TPSA) is 24.1 Å². The van der Waals surface area contributed by atoms with Crippen LogP contribution in [0.15, 0.2) is 22.7 Å². The van der Waals surface area contributed by atoms with Gasteiger partial charge in [-0.25, -0.2) is 4.39 Å². The Bertz CT molecular complexity index is 454. The second-order valence-electron chi connectivity index (χ2n) is 6.35. The van der Waals surface area contributed by atoms with Gasteiger partial charge in [-0.3, -0.25) is 0 Å². The zero-order valence-corrected chi connectivity index (χ0v) is 14.0. The average molecular weight is 355 g/mol. The normalized spacial score (nSPS) is 30.1. The van der Waals surface area contributed by atoms with Gasteiger partial charge in [0.25, 0.3) is 0 Å². The van der Waals surface area contributed by atoms with E-state index in [1.54, 1.807) is 6.07 Å². The zero-order chi connectivity index (χ0) is 14.7. The van der Waals surface area contributed by atoms with E-state index in [9.17, 15) is 4.39 Å². The maximum Gasteiger partial charge on any atom is 0.147 e. The highest BCUT2D eigenvalue weighted by Gasteiger charge is 2.33. The van der Waals surface area contributed by atoms with Crippen molar-refractivity contribution in [2.45, 2.75) is 57.0 Å². The highest BCUT2D eigenvalue weighted by molar-refractivity contribution is 9.10. The molecule has 1 saturated heterocycles. The Morgan fingerprint density at radius 1 is 1.10 bits per heavy atom. The fourth-order valence-corrected chi connectivity index (χ4v) is 4.34. The summed E-state index contributed by atoms with van der Waals surface area (Å²) in [5, 5.41) is 7.19. The molecule has 3 rings (SSSR count). The van der Waals surface area contributed by atoms with Crippen LogP contribution in [0.5, 0.6) is 0 Å². The molecule has 0 bridgehead atoms. The summed E-state index contributed by atoms with van der Waals surface area (Å²) < 4.78 is 14.9. The second-order valence-corrected chi connectivity index (χ2v) is 7.21. The summed E-state index contributed by atoms with van der Waals surface area (Å²) in [4.78, 5) is 0. The minimum Gasteiger partial charge on any atom is -0.379 e. The van der Waals surface area contributed by atoms with Gasteiger partial charge in [-0.2, -0.15) is 0 Å². The molecule has 4 heteroatoms. The predicted octanol–water partition coefficient (Wildman–Crippen LogP) is 4.70. The van der Waals surface area contributed by atoms with E-state index in [2.05, 4.69) is 26.6 Å². The minimum absolute atomic E-state index is 0.162. The van der Waals surface area contributed by atoms with Crippen molar-refractivity contribution in [3.63, 3.8) is 0 Å². The van der Waals surface area contributed by atoms with Crippen LogP contribution >= 0.6 is 15.9 Å². The van der Waals surface area contributed by atoms with Crippen LogP contribution in [-0.4, -0.2) is 18.6 Å². The van der Waals surface area contributed by atoms with Gasteiger partial charge in [-0.05, 0) is 66.2 Å². The lowest BCUT2D eigenvalue weighted by Crippen LogP contribution is -2.48. The van der Waals surface area contributed by atoms with Crippen LogP contribution < -0.4 is 10.6 Å². The molecule has 1 saturated carbocycles. The Kier molecular flexibility index (Phi) is 5.17. The van der Waals surface area contributed by atoms with Crippen LogP contribution in [0.25, 0.3) is 0 Å². The number of rotatable bonds is 3. The van der Waals surface area contributed by atoms with Crippen molar-refractivity contribution in [1.82, 2.24) is 5.32 Å². The van der Waals surface area contributed by atoms with Gasteiger partial charge in [0, 0.05) is 16.6 Å². The van der Waals surface area contributed by atoms with Gasteiger partial charge in [-0.1, -0.05) is 25.3 Å². The molecule has 0 spiro atoms. The lowest BCUT2D eigenvalue weighted by molar-refractivity contribution is 0.217. The van der Waals surface area contributed by atoms with Crippen molar-refractivity contribution in [1.29, 1.82) is 0 Å². The molecule has 3 atom stereocenters. The van der Waals surface area contributed by atoms with Gasteiger partial charge in [0.2, 0.25) is 0 Å². The van der Waals surface area contributed by atoms with E-state index < -0.39 is 0 Å². The molecule has 116 valence electrons. The molecule has 0 radical (unpaired) electrons. The first-order chi connectivity index (χ1) is 10.3. The van der Waals surface area contributed by atoms with Crippen LogP contribution in [0.1, 0.15) is 44.9 Å². The first-order valence-corrected chi connectivity index (χ1v) is 8.99. The number of nitrogens with one attached hydrogen (secondary N) is 2. The summed E-state index contributed by atoms with van der Waals surface area (Å²) in [6.07, 6.45) is 8.82. The third kappa shape index (κ3) is 3.59. The van der Waals surface area contributed by atoms with Crippen LogP contribution in [0.3, 0.4) is 0 Å². The van der Waals surface area contributed by atoms with E-state index in [1.165, 1.54) is 44.6 Å². The SMILES string of the molecule is Fc1cccc(Br)c1NC1CCCCC1C1CCCCN1. The van der Waals surface area contributed by atoms with Gasteiger partial charge in [0.05, 0.1) is 5.69 Å². The summed E-state index contributed by atoms with van der Waals surface area (Å²) in [5.74, 6) is 0.454. The Hall–Kier alpha value is -0.610. The molecule has 0 aromatic heterocycles. The summed E-state index contributed by atoms with van der Waals surface area (Å²) in [6, 6.07) is 6.15. The largest absolute Gasteiger partial charge is 0.379 e. The number of halogens is 2. The first-order valence-electron chi connectivity index (χ1n) is 8.19. The maximum absolute atomic E-state index is 14.1. The van der Waals surface area contributed by atoms with E-state index in [0.717, 1.165) is 17.4 Å². The summed E-state index contributed by atoms with van der Waals surface area (Å²) in [7, 11) is 0. The average Bonchev–Trinajstić information content (AvgIpc) is 2.52. The molecule has 1 aromatic rings. The molecule has 2 fully saturated rings. The number of benzene rings is 1. The number of hydrogen-bond acceptors (Lipinski definition) is 2. The van der Waals surface area contributed by atoms with Crippen LogP contribution in [0.4, 0.5) is 10.1 Å². The fraction of sp³-hybridized carbons (Fsp3) is 0.647. The molecule has 2 aliphatic rings. The minimum atomic E-state index is -0.162. The van der Waals surface area contributed by atoms with Gasteiger partial charge in [-0.15, -0.1) is 0 Å². The lowest BCUT2D eigenvalue weighted by Gasteiger charge is -2.40. The summed E-state index contributed by atoms with van der Waals surface area (Å²) in [5.41, 5.74) is 0.630. The van der Waals surface area contributed by atoms with Crippen molar-refractivity contribution in [2.75, 3.05) is 11.9 Å². The number of anilines is 1. The highest BCUT2D eigenvalue weighted by Crippen LogP contribution is 2.34. The quantitative estimate of drug-likeness (QED) is 0.821. The zero-order valence-electron chi connectivity index (χ0n) is 12.4. The molecule has 2 N–H and O–H groups in total. The van der Waals surface area contributed by atoms with E-state index in [-0.39, 0.29) is 5.82 Å². The van der Waals surface area contributed by atoms with Gasteiger partial charge >= 0.3 is 0 Å². The predicted molar refractivity (Wildman–Crippen MR) is 89.1 cm³/mol. The Labute approximate surface area is 135 Å². The van der Waals surface area contributed by atoms with Crippen molar-refractivity contribution < 1.29 is 4.39 Å². The molecule has 21 heavy (non-hydrogen) atoms. The molecular formula is C17H24BrFN2. The second kappa shape index (κ2) is 7.10. The van der Waals surface area contributed by atoms with Gasteiger partial charge in [0.15, 0.2) is 0 Å². The lowest BCUT2D eigenvalue weighted by atomic mass is 9.77. The molecule has 1 aromatic carbocycles. The molecule has 0 amide bonds. The van der Waals surface area contributed by atoms with E-state index in [0.29, 0.717) is 23.7 Å². The third-order valence-corrected chi connectivity index (χ3v) is 5.64. The van der Waals surface area contributed by atoms with Crippen molar-refractivity contribution >= 4 is 21.6 Å². The Balaban J connectivity index is 1.74. The molecule has 1 aliphatic carbocycles. The third-order valence-electron chi connectivity index (χ3n) is 4.98. The van der Waals surface area contributed by atoms with Gasteiger partial charge < -0.3 is 10.6 Å². The highest BCUT2D eigenvalue weighted by atomic mass is 79.9. The first kappa shape index (κ1) is 15.3. The molecular weight excluding hydrogens is 331 g/mol. The number of piperidine rings is 1. The maximum atomic E-state index is 14.1. The van der Waals surface area contributed by atoms with Crippen LogP contribution in [-0.2, 0) is 0 Å². The number of para-hydroxylation sites is 1. The monoisotopic (exact) mass is 354 g/mol. The summed E-state index contributed by atoms with van der Waals surface area (Å²) in [6.45, 7) is 1.14. The van der Waals surface area contributed by atoms with E-state index in [1.807, 2.05) is 6.07 Å². The van der Waals surface area contributed by atoms with Crippen LogP contribution in [0.2, 0.25) is 0 Å². The smallest absolute Gasteiger partial charge is 0.147 e. The molecule has 3 unspecified atom stereocenters. The molecule has 1 aliphatic heterocycles.